The van der Waals surface area contributed by atoms with Crippen LogP contribution in [0, 0.1) is 17.8 Å². The van der Waals surface area contributed by atoms with Crippen LogP contribution in [0.5, 0.6) is 0 Å². The molecule has 5 N–H and O–H groups in total. The van der Waals surface area contributed by atoms with Gasteiger partial charge in [0.15, 0.2) is 0 Å². The van der Waals surface area contributed by atoms with Crippen LogP contribution >= 0.6 is 77.5 Å². The van der Waals surface area contributed by atoms with E-state index in [1.54, 1.807) is 128 Å². The van der Waals surface area contributed by atoms with Gasteiger partial charge < -0.3 is 61.3 Å². The monoisotopic (exact) mass is 1810 g/mol. The van der Waals surface area contributed by atoms with Gasteiger partial charge in [-0.25, -0.2) is 55.2 Å². The van der Waals surface area contributed by atoms with E-state index in [1.807, 2.05) is 0 Å². The number of anilines is 2. The predicted molar refractivity (Wildman–Crippen MR) is 408 cm³/mol. The van der Waals surface area contributed by atoms with Crippen LogP contribution in [0.2, 0.25) is 5.28 Å². The fourth-order valence-electron chi connectivity index (χ4n) is 12.2. The molecule has 12 rings (SSSR count). The summed E-state index contributed by atoms with van der Waals surface area (Å²) in [4.78, 5) is 41.0. The molecule has 3 atom stereocenters. The summed E-state index contributed by atoms with van der Waals surface area (Å²) in [5.74, 6) is 2.76. The molecule has 590 valence electrons. The number of rotatable bonds is 18. The number of alkyl halides is 1. The van der Waals surface area contributed by atoms with E-state index in [0.29, 0.717) is 111 Å². The zero-order valence-electron chi connectivity index (χ0n) is 64.0. The summed E-state index contributed by atoms with van der Waals surface area (Å²) in [6, 6.07) is 10.5. The van der Waals surface area contributed by atoms with E-state index in [1.165, 1.54) is 46.4 Å². The minimum atomic E-state index is -3.55. The van der Waals surface area contributed by atoms with Gasteiger partial charge in [-0.1, -0.05) is 6.07 Å². The third-order valence-corrected chi connectivity index (χ3v) is 29.2. The minimum absolute atomic E-state index is 0. The van der Waals surface area contributed by atoms with E-state index in [9.17, 15) is 45.0 Å². The summed E-state index contributed by atoms with van der Waals surface area (Å²) in [6.07, 6.45) is 18.5. The molecule has 12 heterocycles. The minimum Gasteiger partial charge on any atom is -1.00 e. The van der Waals surface area contributed by atoms with Crippen molar-refractivity contribution in [1.29, 1.82) is 0 Å². The molecule has 0 bridgehead atoms. The third-order valence-electron chi connectivity index (χ3n) is 17.9. The van der Waals surface area contributed by atoms with Crippen LogP contribution in [-0.2, 0) is 70.8 Å². The number of thiophene rings is 3. The maximum atomic E-state index is 13.3. The van der Waals surface area contributed by atoms with Crippen molar-refractivity contribution in [3.05, 3.63) is 109 Å². The van der Waals surface area contributed by atoms with Crippen LogP contribution in [-0.4, -0.2) is 225 Å². The SMILES string of the molecule is CC(C)(O)c1cnc(Cl)nc1.CC(C)(O)c1cnc(N2CCN(S(=O)(=O)c3ccc(Br)s3)C[C@@H]2CC2CCOCC2)nc1.CC(C)(O)c1cnc(N2CCN(S(=O)(=O)c3cccs3)C[C@@H]2CC2CCOCC2)nc1.CCO.O=CO[O-].O=S(=O)(c1ccc(Br)s1)N1CCN[C@@H](CC2CCOCC2)C1.[2H]CF.[H-].[K+].[K+]. The van der Waals surface area contributed by atoms with Crippen molar-refractivity contribution in [3.8, 4) is 0 Å². The summed E-state index contributed by atoms with van der Waals surface area (Å²) in [7, 11) is -11.4. The summed E-state index contributed by atoms with van der Waals surface area (Å²) < 4.78 is 118. The van der Waals surface area contributed by atoms with Crippen LogP contribution in [0.25, 0.3) is 0 Å². The van der Waals surface area contributed by atoms with E-state index in [-0.39, 0.29) is 141 Å². The Labute approximate surface area is 751 Å². The standard InChI is InChI=1S/C21H29BrN4O4S2.C21H30N4O4S2.C14H21BrN2O3S2.C7H9ClN2O.C2H6O.CH3F.CH2O3.2K.H/c1-21(2,27)16-12-23-20(24-13-16)26-8-7-25(32(28,29)19-4-3-18(22)31-19)14-17(26)11-15-5-9-30-10-6-15;1-21(2,26)17-13-22-20(23-14-17)25-8-7-24(31(27,28)19-4-3-11-30-19)15-18(25)12-16-5-9-29-10-6-16;15-13-1-2-14(21-13)22(18,19)17-6-5-16-12(10-17)9-11-3-7-20-8-4-11;1-7(2,11)5-3-9-6(8)10-4-5;1-2-3;1-2;2-1-4-3;;;/h3-4,12-13,15,17,27H,5-11,14H2,1-2H3;3-4,11,13-14,16,18,26H,5-10,12,15H2,1-2H3;1-2,11-12,16H,3-10H2;3-4,11H,1-2H3;3H,2H2,1H3;1H3;1,3H;;;/q;;;;;;;2*+1;-1/p-1/t17-;18-;12-;;;;;;;/m000......./s1/i;;;;;1D;;;;. The van der Waals surface area contributed by atoms with Gasteiger partial charge in [-0.15, -0.1) is 34.0 Å². The molecule has 0 amide bonds. The zero-order valence-corrected chi connectivity index (χ0v) is 77.1. The zero-order chi connectivity index (χ0) is 77.9. The van der Waals surface area contributed by atoms with Crippen molar-refractivity contribution >= 4 is 126 Å². The number of sulfonamides is 3. The molecular formula is C67H100Br2ClFK2N12O16S6. The van der Waals surface area contributed by atoms with Gasteiger partial charge in [-0.2, -0.15) is 12.9 Å². The largest absolute Gasteiger partial charge is 1.00 e. The maximum absolute atomic E-state index is 13.3. The topological polar surface area (TPSA) is 366 Å². The first-order chi connectivity index (χ1) is 50.2. The first kappa shape index (κ1) is 96.8. The third kappa shape index (κ3) is 31.3. The first-order valence-corrected chi connectivity index (χ1v) is 43.0. The van der Waals surface area contributed by atoms with E-state index in [4.69, 9.17) is 42.3 Å². The van der Waals surface area contributed by atoms with E-state index < -0.39 is 54.0 Å². The van der Waals surface area contributed by atoms with Crippen LogP contribution in [0.4, 0.5) is 16.3 Å². The molecule has 40 heteroatoms. The quantitative estimate of drug-likeness (QED) is 0.0271. The second kappa shape index (κ2) is 48.1. The number of piperazine rings is 3. The van der Waals surface area contributed by atoms with Gasteiger partial charge in [0.1, 0.15) is 12.6 Å². The summed E-state index contributed by atoms with van der Waals surface area (Å²) in [5.41, 5.74) is -0.968. The number of hydrogen-bond donors (Lipinski definition) is 5. The van der Waals surface area contributed by atoms with E-state index >= 15 is 0 Å². The number of aliphatic hydroxyl groups is 4. The Balaban J connectivity index is 0.000000373. The number of nitrogens with zero attached hydrogens (tertiary/aromatic N) is 11. The number of carbonyl (C=O) groups is 1. The van der Waals surface area contributed by atoms with E-state index in [0.717, 1.165) is 112 Å². The Morgan fingerprint density at radius 2 is 0.953 bits per heavy atom. The molecular weight excluding hydrogens is 1710 g/mol. The molecule has 6 aliphatic rings. The normalized spacial score (nSPS) is 19.9. The number of ether oxygens (including phenoxy) is 3. The number of nitrogens with one attached hydrogen (secondary N) is 1. The second-order valence-electron chi connectivity index (χ2n) is 26.8. The Morgan fingerprint density at radius 3 is 1.27 bits per heavy atom. The molecule has 6 saturated heterocycles. The second-order valence-corrected chi connectivity index (χ2v) is 39.5. The van der Waals surface area contributed by atoms with Crippen molar-refractivity contribution in [1.82, 2.24) is 48.1 Å². The van der Waals surface area contributed by atoms with Crippen molar-refractivity contribution in [2.45, 2.75) is 154 Å². The van der Waals surface area contributed by atoms with Crippen LogP contribution in [0.1, 0.15) is 126 Å². The van der Waals surface area contributed by atoms with Crippen LogP contribution in [0.15, 0.2) is 99.2 Å². The molecule has 0 saturated carbocycles. The fourth-order valence-corrected chi connectivity index (χ4v) is 22.2. The fraction of sp³-hybridized carbons (Fsp3) is 0.627. The Bertz CT molecular complexity index is 3900. The number of carbonyl (C=O) groups excluding carboxylic acids is 1. The first-order valence-electron chi connectivity index (χ1n) is 34.9. The Hall–Kier alpha value is -0.767. The smallest absolute Gasteiger partial charge is 1.00 e. The van der Waals surface area contributed by atoms with Gasteiger partial charge >= 0.3 is 103 Å². The van der Waals surface area contributed by atoms with Crippen molar-refractivity contribution in [2.24, 2.45) is 17.8 Å². The van der Waals surface area contributed by atoms with Gasteiger partial charge in [0.05, 0.1) is 32.9 Å². The Morgan fingerprint density at radius 1 is 0.617 bits per heavy atom. The molecule has 6 fully saturated rings. The van der Waals surface area contributed by atoms with Crippen molar-refractivity contribution in [2.75, 3.05) is 122 Å². The van der Waals surface area contributed by atoms with E-state index in [2.05, 4.69) is 81.8 Å². The van der Waals surface area contributed by atoms with Crippen molar-refractivity contribution in [3.63, 3.8) is 0 Å². The van der Waals surface area contributed by atoms with Crippen molar-refractivity contribution < 1.29 is 185 Å². The van der Waals surface area contributed by atoms with Gasteiger partial charge in [0, 0.05) is 177 Å². The predicted octanol–water partition coefficient (Wildman–Crippen LogP) is 2.47. The molecule has 0 aliphatic carbocycles. The number of halogens is 4. The average Bonchev–Trinajstić information content (AvgIpc) is 1.77. The molecule has 107 heavy (non-hydrogen) atoms. The number of hydrogen-bond acceptors (Lipinski definition) is 28. The van der Waals surface area contributed by atoms with Gasteiger partial charge in [0.25, 0.3) is 36.5 Å². The van der Waals surface area contributed by atoms with Crippen LogP contribution < -0.4 is 123 Å². The molecule has 0 aromatic carbocycles. The van der Waals surface area contributed by atoms with Gasteiger partial charge in [-0.3, -0.25) is 9.18 Å². The molecule has 6 aliphatic heterocycles. The molecule has 6 aromatic heterocycles. The maximum Gasteiger partial charge on any atom is 1.00 e. The number of aliphatic hydroxyl groups excluding tert-OH is 1. The molecule has 6 aromatic rings. The van der Waals surface area contributed by atoms with Gasteiger partial charge in [-0.05, 0) is 203 Å². The molecule has 28 nitrogen and oxygen atoms in total. The summed E-state index contributed by atoms with van der Waals surface area (Å²) in [6.45, 7) is 21.0. The van der Waals surface area contributed by atoms with Gasteiger partial charge in [0.2, 0.25) is 17.2 Å². The average molecular weight is 1820 g/mol. The summed E-state index contributed by atoms with van der Waals surface area (Å²) in [5, 5.41) is 51.3. The van der Waals surface area contributed by atoms with Crippen LogP contribution in [0.3, 0.4) is 0 Å². The Kier molecular flexibility index (Phi) is 43.5. The molecule has 0 unspecified atom stereocenters. The summed E-state index contributed by atoms with van der Waals surface area (Å²) >= 11 is 15.9. The molecule has 0 spiro atoms. The number of aromatic nitrogens is 6. The molecule has 0 radical (unpaired) electrons.